The Morgan fingerprint density at radius 1 is 1.18 bits per heavy atom. The number of aryl methyl sites for hydroxylation is 1. The van der Waals surface area contributed by atoms with Gasteiger partial charge >= 0.3 is 5.97 Å². The van der Waals surface area contributed by atoms with Crippen molar-refractivity contribution >= 4 is 85.0 Å². The highest BCUT2D eigenvalue weighted by molar-refractivity contribution is 8.01. The predicted molar refractivity (Wildman–Crippen MR) is 180 cm³/mol. The Morgan fingerprint density at radius 2 is 1.94 bits per heavy atom. The predicted octanol–water partition coefficient (Wildman–Crippen LogP) is -0.335. The first-order valence-corrected chi connectivity index (χ1v) is 18.7. The van der Waals surface area contributed by atoms with Crippen LogP contribution < -0.4 is 16.8 Å². The van der Waals surface area contributed by atoms with Crippen molar-refractivity contribution in [3.05, 3.63) is 58.1 Å². The second kappa shape index (κ2) is 13.7. The number of aliphatic carboxylic acids is 1. The Bertz CT molecular complexity index is 2310. The minimum absolute atomic E-state index is 0.0489. The van der Waals surface area contributed by atoms with Crippen LogP contribution in [-0.2, 0) is 29.1 Å². The lowest BCUT2D eigenvalue weighted by Crippen LogP contribution is -2.71. The Labute approximate surface area is 298 Å². The van der Waals surface area contributed by atoms with Gasteiger partial charge in [0.15, 0.2) is 22.3 Å². The van der Waals surface area contributed by atoms with Gasteiger partial charge in [-0.1, -0.05) is 5.16 Å². The first kappa shape index (κ1) is 35.4. The smallest absolute Gasteiger partial charge is 0.352 e. The third-order valence-electron chi connectivity index (χ3n) is 7.21. The fourth-order valence-corrected chi connectivity index (χ4v) is 8.83. The number of phenols is 2. The number of rotatable bonds is 12. The fourth-order valence-electron chi connectivity index (χ4n) is 4.85. The van der Waals surface area contributed by atoms with Crippen molar-refractivity contribution in [1.82, 2.24) is 34.8 Å². The van der Waals surface area contributed by atoms with Crippen LogP contribution in [0.25, 0.3) is 5.78 Å². The number of thioether (sulfide) groups is 2. The molecule has 266 valence electrons. The van der Waals surface area contributed by atoms with Crippen LogP contribution in [0.4, 0.5) is 5.13 Å². The fraction of sp³-hybridized carbons (Fsp3) is 0.222. The number of carbonyl (C=O) groups excluding carboxylic acids is 3. The number of carboxylic acids is 1. The molecule has 5 heterocycles. The lowest BCUT2D eigenvalue weighted by atomic mass is 10.0. The molecule has 0 bridgehead atoms. The van der Waals surface area contributed by atoms with Crippen molar-refractivity contribution < 1.29 is 47.8 Å². The van der Waals surface area contributed by atoms with Crippen molar-refractivity contribution in [2.75, 3.05) is 23.2 Å². The van der Waals surface area contributed by atoms with Gasteiger partial charge in [0.25, 0.3) is 23.5 Å². The number of nitrogens with one attached hydrogen (secondary N) is 1. The molecule has 8 N–H and O–H groups in total. The molecule has 2 aliphatic heterocycles. The van der Waals surface area contributed by atoms with Crippen molar-refractivity contribution in [3.63, 3.8) is 0 Å². The van der Waals surface area contributed by atoms with Crippen LogP contribution in [0.3, 0.4) is 0 Å². The number of thiazole rings is 1. The molecule has 6 rings (SSSR count). The van der Waals surface area contributed by atoms with Crippen molar-refractivity contribution in [2.45, 2.75) is 28.3 Å². The number of oxime groups is 1. The maximum Gasteiger partial charge on any atom is 0.352 e. The van der Waals surface area contributed by atoms with Gasteiger partial charge in [0.05, 0.1) is 4.90 Å². The standard InChI is InChI=1S/C27H24N10O10S4/c1-10-4-16(37-27(30-10)33-21(34-37)20(28)40)48-6-11-7-49-24-18(23(42)36(24)19(11)25(43)44)32-22(41)17(13-8-50-26(29)31-13)35-47-9-51(45,46)12-2-3-14(38)15(39)5-12/h2-5,8,18,24,38-39H,6-7,9H2,1H3,(H2,28,40)(H2,29,31)(H,32,41)(H,43,44)/b35-17-/t18-,24-/m1/s1. The molecular weight excluding hydrogens is 753 g/mol. The monoisotopic (exact) mass is 776 g/mol. The highest BCUT2D eigenvalue weighted by Crippen LogP contribution is 2.41. The maximum atomic E-state index is 13.4. The van der Waals surface area contributed by atoms with Gasteiger partial charge in [-0.15, -0.1) is 40.0 Å². The number of sulfone groups is 1. The van der Waals surface area contributed by atoms with Gasteiger partial charge in [-0.2, -0.15) is 9.50 Å². The topological polar surface area (TPSA) is 308 Å². The third-order valence-corrected chi connectivity index (χ3v) is 11.7. The molecule has 4 aromatic rings. The number of carboxylic acid groups (broad SMARTS) is 1. The quantitative estimate of drug-likeness (QED) is 0.0268. The van der Waals surface area contributed by atoms with Crippen LogP contribution in [0.5, 0.6) is 11.5 Å². The molecule has 1 saturated heterocycles. The van der Waals surface area contributed by atoms with Gasteiger partial charge in [0.1, 0.15) is 27.8 Å². The zero-order chi connectivity index (χ0) is 36.8. The van der Waals surface area contributed by atoms with Crippen molar-refractivity contribution in [3.8, 4) is 11.5 Å². The summed E-state index contributed by atoms with van der Waals surface area (Å²) in [6.45, 7) is 1.70. The number of anilines is 1. The first-order chi connectivity index (χ1) is 24.1. The molecule has 2 aliphatic rings. The summed E-state index contributed by atoms with van der Waals surface area (Å²) in [6.07, 6.45) is 0. The lowest BCUT2D eigenvalue weighted by molar-refractivity contribution is -0.150. The highest BCUT2D eigenvalue weighted by Gasteiger charge is 2.54. The van der Waals surface area contributed by atoms with E-state index < -0.39 is 73.0 Å². The average Bonchev–Trinajstić information content (AvgIpc) is 3.71. The van der Waals surface area contributed by atoms with E-state index in [4.69, 9.17) is 16.3 Å². The number of nitrogens with zero attached hydrogens (tertiary/aromatic N) is 7. The number of β-lactam (4-membered cyclic amide) rings is 1. The average molecular weight is 777 g/mol. The third kappa shape index (κ3) is 6.97. The van der Waals surface area contributed by atoms with Crippen LogP contribution in [0, 0.1) is 6.92 Å². The largest absolute Gasteiger partial charge is 0.504 e. The van der Waals surface area contributed by atoms with Gasteiger partial charge in [0.2, 0.25) is 21.6 Å². The summed E-state index contributed by atoms with van der Waals surface area (Å²) in [5, 5.41) is 40.6. The molecule has 51 heavy (non-hydrogen) atoms. The molecule has 0 unspecified atom stereocenters. The van der Waals surface area contributed by atoms with E-state index in [1.807, 2.05) is 0 Å². The van der Waals surface area contributed by atoms with E-state index in [1.54, 1.807) is 13.0 Å². The number of nitrogens with two attached hydrogens (primary N) is 2. The molecule has 0 aliphatic carbocycles. The van der Waals surface area contributed by atoms with E-state index in [9.17, 15) is 42.9 Å². The summed E-state index contributed by atoms with van der Waals surface area (Å²) >= 11 is 3.34. The normalized spacial score (nSPS) is 17.6. The minimum Gasteiger partial charge on any atom is -0.504 e. The van der Waals surface area contributed by atoms with Gasteiger partial charge < -0.3 is 36.9 Å². The number of nitrogen functional groups attached to an aromatic ring is 1. The molecule has 24 heteroatoms. The molecule has 20 nitrogen and oxygen atoms in total. The number of aromatic nitrogens is 5. The second-order valence-electron chi connectivity index (χ2n) is 10.7. The number of benzene rings is 1. The van der Waals surface area contributed by atoms with E-state index in [2.05, 4.69) is 30.5 Å². The number of fused-ring (bicyclic) bond motifs is 2. The lowest BCUT2D eigenvalue weighted by Gasteiger charge is -2.49. The molecule has 0 saturated carbocycles. The van der Waals surface area contributed by atoms with Crippen molar-refractivity contribution in [1.29, 1.82) is 0 Å². The van der Waals surface area contributed by atoms with Crippen LogP contribution in [-0.4, -0.2) is 111 Å². The number of hydrogen-bond donors (Lipinski definition) is 6. The number of carbonyl (C=O) groups is 4. The number of hydrogen-bond acceptors (Lipinski definition) is 18. The number of phenolic OH excluding ortho intramolecular Hbond substituents is 2. The summed E-state index contributed by atoms with van der Waals surface area (Å²) in [4.78, 5) is 68.8. The molecule has 1 aromatic carbocycles. The summed E-state index contributed by atoms with van der Waals surface area (Å²) in [6, 6.07) is 3.29. The Kier molecular flexibility index (Phi) is 9.49. The molecule has 0 radical (unpaired) electrons. The Morgan fingerprint density at radius 3 is 2.61 bits per heavy atom. The summed E-state index contributed by atoms with van der Waals surface area (Å²) in [7, 11) is -4.23. The number of primary amides is 1. The second-order valence-corrected chi connectivity index (χ2v) is 15.6. The first-order valence-electron chi connectivity index (χ1n) is 14.2. The van der Waals surface area contributed by atoms with E-state index in [0.717, 1.165) is 34.4 Å². The molecule has 3 aromatic heterocycles. The number of aromatic hydroxyl groups is 2. The zero-order valence-corrected chi connectivity index (χ0v) is 29.0. The van der Waals surface area contributed by atoms with Gasteiger partial charge in [0, 0.05) is 28.6 Å². The van der Waals surface area contributed by atoms with Crippen LogP contribution in [0.15, 0.2) is 56.0 Å². The highest BCUT2D eigenvalue weighted by atomic mass is 32.2. The molecule has 2 atom stereocenters. The summed E-state index contributed by atoms with van der Waals surface area (Å²) < 4.78 is 26.7. The van der Waals surface area contributed by atoms with Crippen molar-refractivity contribution in [2.24, 2.45) is 10.9 Å². The van der Waals surface area contributed by atoms with Gasteiger partial charge in [-0.25, -0.2) is 23.2 Å². The van der Waals surface area contributed by atoms with E-state index in [1.165, 1.54) is 33.4 Å². The van der Waals surface area contributed by atoms with E-state index >= 15 is 0 Å². The zero-order valence-electron chi connectivity index (χ0n) is 25.8. The Hall–Kier alpha value is -5.46. The summed E-state index contributed by atoms with van der Waals surface area (Å²) in [5.74, 6) is -6.05. The minimum atomic E-state index is -4.23. The van der Waals surface area contributed by atoms with Crippen LogP contribution in [0.1, 0.15) is 22.0 Å². The molecule has 0 spiro atoms. The Balaban J connectivity index is 1.18. The SMILES string of the molecule is Cc1cc(SCC2=C(C(=O)O)N3C(=O)[C@@H](NC(=O)/C(=N\OCS(=O)(=O)c4ccc(O)c(O)c4)c4csc(N)n4)[C@H]3SC2)n2nc(C(N)=O)nc2n1. The van der Waals surface area contributed by atoms with Crippen LogP contribution in [0.2, 0.25) is 0 Å². The molecule has 3 amide bonds. The van der Waals surface area contributed by atoms with E-state index in [0.29, 0.717) is 16.3 Å². The van der Waals surface area contributed by atoms with Gasteiger partial charge in [-0.3, -0.25) is 19.3 Å². The van der Waals surface area contributed by atoms with Crippen LogP contribution >= 0.6 is 34.9 Å². The summed E-state index contributed by atoms with van der Waals surface area (Å²) in [5.41, 5.74) is 11.1. The van der Waals surface area contributed by atoms with Gasteiger partial charge in [-0.05, 0) is 30.7 Å². The maximum absolute atomic E-state index is 13.4. The van der Waals surface area contributed by atoms with E-state index in [-0.39, 0.29) is 39.6 Å². The molecular formula is C27H24N10O10S4. The molecule has 1 fully saturated rings. The number of amides is 3.